The zero-order chi connectivity index (χ0) is 13.8. The molecule has 2 heterocycles. The Morgan fingerprint density at radius 1 is 1.20 bits per heavy atom. The average Bonchev–Trinajstić information content (AvgIpc) is 2.54. The average molecular weight is 272 g/mol. The van der Waals surface area contributed by atoms with Gasteiger partial charge in [0.15, 0.2) is 0 Å². The molecule has 0 bridgehead atoms. The van der Waals surface area contributed by atoms with E-state index in [1.807, 2.05) is 30.3 Å². The first kappa shape index (κ1) is 13.3. The molecule has 2 aromatic rings. The summed E-state index contributed by atoms with van der Waals surface area (Å²) in [6.07, 6.45) is 3.71. The van der Waals surface area contributed by atoms with Crippen LogP contribution >= 0.6 is 0 Å². The third-order valence-electron chi connectivity index (χ3n) is 4.12. The van der Waals surface area contributed by atoms with Crippen molar-refractivity contribution in [2.75, 3.05) is 26.4 Å². The highest BCUT2D eigenvalue weighted by Gasteiger charge is 2.32. The van der Waals surface area contributed by atoms with E-state index < -0.39 is 0 Å². The highest BCUT2D eigenvalue weighted by Crippen LogP contribution is 2.31. The molecular weight excluding hydrogens is 252 g/mol. The quantitative estimate of drug-likeness (QED) is 0.928. The van der Waals surface area contributed by atoms with Crippen molar-refractivity contribution >= 4 is 10.9 Å². The van der Waals surface area contributed by atoms with Gasteiger partial charge in [0.2, 0.25) is 0 Å². The molecule has 4 heteroatoms. The number of nitrogens with two attached hydrogens (primary N) is 1. The van der Waals surface area contributed by atoms with E-state index in [0.717, 1.165) is 42.7 Å². The Morgan fingerprint density at radius 2 is 2.00 bits per heavy atom. The van der Waals surface area contributed by atoms with Gasteiger partial charge >= 0.3 is 0 Å². The Kier molecular flexibility index (Phi) is 3.85. The topological polar surface area (TPSA) is 57.4 Å². The Hall–Kier alpha value is -1.65. The van der Waals surface area contributed by atoms with E-state index in [1.54, 1.807) is 6.20 Å². The smallest absolute Gasteiger partial charge is 0.145 e. The third-order valence-corrected chi connectivity index (χ3v) is 4.12. The van der Waals surface area contributed by atoms with Crippen molar-refractivity contribution in [3.63, 3.8) is 0 Å². The third kappa shape index (κ3) is 2.62. The molecule has 1 saturated heterocycles. The van der Waals surface area contributed by atoms with Crippen molar-refractivity contribution in [3.05, 3.63) is 36.5 Å². The maximum atomic E-state index is 6.05. The number of benzene rings is 1. The number of hydrogen-bond donors (Lipinski definition) is 1. The van der Waals surface area contributed by atoms with Crippen LogP contribution in [0.2, 0.25) is 0 Å². The molecule has 20 heavy (non-hydrogen) atoms. The lowest BCUT2D eigenvalue weighted by atomic mass is 9.81. The number of pyridine rings is 1. The second-order valence-corrected chi connectivity index (χ2v) is 5.44. The SMILES string of the molecule is NCC1(COc2cccc3cccnc23)CCOCC1. The van der Waals surface area contributed by atoms with Crippen LogP contribution in [0.3, 0.4) is 0 Å². The van der Waals surface area contributed by atoms with E-state index in [1.165, 1.54) is 0 Å². The molecule has 4 nitrogen and oxygen atoms in total. The normalized spacial score (nSPS) is 18.1. The number of aromatic nitrogens is 1. The molecule has 1 aliphatic heterocycles. The zero-order valence-corrected chi connectivity index (χ0v) is 11.5. The van der Waals surface area contributed by atoms with E-state index >= 15 is 0 Å². The van der Waals surface area contributed by atoms with Crippen LogP contribution in [0.15, 0.2) is 36.5 Å². The minimum absolute atomic E-state index is 0.0369. The lowest BCUT2D eigenvalue weighted by Gasteiger charge is -2.35. The molecule has 0 spiro atoms. The van der Waals surface area contributed by atoms with Gasteiger partial charge < -0.3 is 15.2 Å². The first-order valence-corrected chi connectivity index (χ1v) is 7.07. The number of ether oxygens (including phenoxy) is 2. The largest absolute Gasteiger partial charge is 0.491 e. The van der Waals surface area contributed by atoms with Gasteiger partial charge in [-0.05, 0) is 25.0 Å². The van der Waals surface area contributed by atoms with Gasteiger partial charge in [-0.2, -0.15) is 0 Å². The van der Waals surface area contributed by atoms with Gasteiger partial charge in [0.1, 0.15) is 11.3 Å². The van der Waals surface area contributed by atoms with Crippen molar-refractivity contribution in [2.24, 2.45) is 11.1 Å². The van der Waals surface area contributed by atoms with Gasteiger partial charge in [0.05, 0.1) is 6.61 Å². The van der Waals surface area contributed by atoms with E-state index in [0.29, 0.717) is 13.2 Å². The van der Waals surface area contributed by atoms with Crippen molar-refractivity contribution in [2.45, 2.75) is 12.8 Å². The first-order chi connectivity index (χ1) is 9.83. The van der Waals surface area contributed by atoms with Crippen molar-refractivity contribution in [1.29, 1.82) is 0 Å². The molecule has 0 unspecified atom stereocenters. The van der Waals surface area contributed by atoms with Crippen LogP contribution in [0.5, 0.6) is 5.75 Å². The number of fused-ring (bicyclic) bond motifs is 1. The fraction of sp³-hybridized carbons (Fsp3) is 0.438. The Bertz CT molecular complexity index is 574. The van der Waals surface area contributed by atoms with Crippen LogP contribution in [-0.4, -0.2) is 31.3 Å². The van der Waals surface area contributed by atoms with Crippen molar-refractivity contribution < 1.29 is 9.47 Å². The van der Waals surface area contributed by atoms with E-state index in [2.05, 4.69) is 4.98 Å². The molecule has 2 N–H and O–H groups in total. The number of nitrogens with zero attached hydrogens (tertiary/aromatic N) is 1. The molecule has 0 radical (unpaired) electrons. The first-order valence-electron chi connectivity index (χ1n) is 7.07. The van der Waals surface area contributed by atoms with Crippen LogP contribution in [-0.2, 0) is 4.74 Å². The van der Waals surface area contributed by atoms with Gasteiger partial charge in [-0.3, -0.25) is 4.98 Å². The van der Waals surface area contributed by atoms with Gasteiger partial charge in [0, 0.05) is 36.8 Å². The summed E-state index contributed by atoms with van der Waals surface area (Å²) < 4.78 is 11.5. The number of rotatable bonds is 4. The summed E-state index contributed by atoms with van der Waals surface area (Å²) in [6.45, 7) is 2.81. The van der Waals surface area contributed by atoms with Crippen LogP contribution in [0, 0.1) is 5.41 Å². The van der Waals surface area contributed by atoms with Gasteiger partial charge in [-0.1, -0.05) is 18.2 Å². The molecule has 0 amide bonds. The highest BCUT2D eigenvalue weighted by atomic mass is 16.5. The highest BCUT2D eigenvalue weighted by molar-refractivity contribution is 5.84. The minimum Gasteiger partial charge on any atom is -0.491 e. The van der Waals surface area contributed by atoms with Crippen molar-refractivity contribution in [3.8, 4) is 5.75 Å². The second-order valence-electron chi connectivity index (χ2n) is 5.44. The molecule has 1 aliphatic rings. The lowest BCUT2D eigenvalue weighted by Crippen LogP contribution is -2.41. The minimum atomic E-state index is 0.0369. The predicted octanol–water partition coefficient (Wildman–Crippen LogP) is 2.37. The van der Waals surface area contributed by atoms with Crippen LogP contribution in [0.25, 0.3) is 10.9 Å². The van der Waals surface area contributed by atoms with Gasteiger partial charge in [-0.25, -0.2) is 0 Å². The molecule has 0 saturated carbocycles. The maximum absolute atomic E-state index is 6.05. The monoisotopic (exact) mass is 272 g/mol. The molecule has 3 rings (SSSR count). The Balaban J connectivity index is 1.79. The fourth-order valence-corrected chi connectivity index (χ4v) is 2.64. The van der Waals surface area contributed by atoms with Gasteiger partial charge in [0.25, 0.3) is 0 Å². The van der Waals surface area contributed by atoms with E-state index in [-0.39, 0.29) is 5.41 Å². The summed E-state index contributed by atoms with van der Waals surface area (Å²) in [5.41, 5.74) is 6.91. The summed E-state index contributed by atoms with van der Waals surface area (Å²) in [7, 11) is 0. The molecule has 1 aromatic carbocycles. The Morgan fingerprint density at radius 3 is 2.80 bits per heavy atom. The Labute approximate surface area is 118 Å². The predicted molar refractivity (Wildman–Crippen MR) is 78.8 cm³/mol. The summed E-state index contributed by atoms with van der Waals surface area (Å²) in [5, 5.41) is 1.10. The zero-order valence-electron chi connectivity index (χ0n) is 11.5. The summed E-state index contributed by atoms with van der Waals surface area (Å²) in [4.78, 5) is 4.41. The molecule has 1 fully saturated rings. The maximum Gasteiger partial charge on any atom is 0.145 e. The second kappa shape index (κ2) is 5.77. The van der Waals surface area contributed by atoms with Crippen molar-refractivity contribution in [1.82, 2.24) is 4.98 Å². The van der Waals surface area contributed by atoms with Crippen LogP contribution < -0.4 is 10.5 Å². The molecule has 0 aliphatic carbocycles. The molecule has 1 aromatic heterocycles. The molecule has 0 atom stereocenters. The summed E-state index contributed by atoms with van der Waals surface area (Å²) >= 11 is 0. The lowest BCUT2D eigenvalue weighted by molar-refractivity contribution is -0.00474. The standard InChI is InChI=1S/C16H20N2O2/c17-11-16(6-9-19-10-7-16)12-20-14-5-1-3-13-4-2-8-18-15(13)14/h1-5,8H,6-7,9-12,17H2. The number of hydrogen-bond acceptors (Lipinski definition) is 4. The van der Waals surface area contributed by atoms with E-state index in [4.69, 9.17) is 15.2 Å². The van der Waals surface area contributed by atoms with E-state index in [9.17, 15) is 0 Å². The summed E-state index contributed by atoms with van der Waals surface area (Å²) in [6, 6.07) is 9.99. The molecular formula is C16H20N2O2. The molecule has 106 valence electrons. The summed E-state index contributed by atoms with van der Waals surface area (Å²) in [5.74, 6) is 0.836. The van der Waals surface area contributed by atoms with Gasteiger partial charge in [-0.15, -0.1) is 0 Å². The number of para-hydroxylation sites is 1. The van der Waals surface area contributed by atoms with Crippen LogP contribution in [0.1, 0.15) is 12.8 Å². The fourth-order valence-electron chi connectivity index (χ4n) is 2.64. The van der Waals surface area contributed by atoms with Crippen LogP contribution in [0.4, 0.5) is 0 Å².